The maximum Gasteiger partial charge on any atom is 0.260 e. The molecule has 0 radical (unpaired) electrons. The van der Waals surface area contributed by atoms with Crippen LogP contribution in [-0.2, 0) is 11.3 Å². The first-order valence-corrected chi connectivity index (χ1v) is 7.72. The lowest BCUT2D eigenvalue weighted by atomic mass is 10.3. The average molecular weight is 370 g/mol. The minimum atomic E-state index is -0.661. The lowest BCUT2D eigenvalue weighted by Crippen LogP contribution is -2.37. The van der Waals surface area contributed by atoms with E-state index in [1.54, 1.807) is 13.1 Å². The third-order valence-electron chi connectivity index (χ3n) is 2.99. The standard InChI is InChI=1S/C15H17BrFN3O2/c1-11(22-14-5-4-12(17)10-13(14)16)15(21)18-6-2-8-20-9-3-7-19-20/h3-5,7,9-11H,2,6,8H2,1H3,(H,18,21). The number of aromatic nitrogens is 2. The van der Waals surface area contributed by atoms with Gasteiger partial charge in [-0.15, -0.1) is 0 Å². The number of aryl methyl sites for hydroxylation is 1. The Kier molecular flexibility index (Phi) is 5.94. The number of carbonyl (C=O) groups is 1. The van der Waals surface area contributed by atoms with E-state index in [1.165, 1.54) is 18.2 Å². The minimum Gasteiger partial charge on any atom is -0.480 e. The van der Waals surface area contributed by atoms with Crippen LogP contribution in [0.2, 0.25) is 0 Å². The summed E-state index contributed by atoms with van der Waals surface area (Å²) in [6.07, 6.45) is 3.71. The second-order valence-corrected chi connectivity index (χ2v) is 5.60. The number of hydrogen-bond donors (Lipinski definition) is 1. The van der Waals surface area contributed by atoms with Crippen LogP contribution in [0.1, 0.15) is 13.3 Å². The van der Waals surface area contributed by atoms with Crippen LogP contribution in [0, 0.1) is 5.82 Å². The van der Waals surface area contributed by atoms with Gasteiger partial charge in [-0.05, 0) is 53.5 Å². The van der Waals surface area contributed by atoms with Crippen LogP contribution in [0.25, 0.3) is 0 Å². The predicted molar refractivity (Wildman–Crippen MR) is 84.0 cm³/mol. The number of carbonyl (C=O) groups excluding carboxylic acids is 1. The van der Waals surface area contributed by atoms with Crippen molar-refractivity contribution >= 4 is 21.8 Å². The van der Waals surface area contributed by atoms with Gasteiger partial charge in [-0.25, -0.2) is 4.39 Å². The topological polar surface area (TPSA) is 56.1 Å². The SMILES string of the molecule is CC(Oc1ccc(F)cc1Br)C(=O)NCCCn1cccn1. The predicted octanol–water partition coefficient (Wildman–Crippen LogP) is 2.76. The number of hydrogen-bond acceptors (Lipinski definition) is 3. The highest BCUT2D eigenvalue weighted by molar-refractivity contribution is 9.10. The molecule has 0 aliphatic rings. The van der Waals surface area contributed by atoms with Crippen LogP contribution in [-0.4, -0.2) is 28.3 Å². The Labute approximate surface area is 136 Å². The maximum absolute atomic E-state index is 13.0. The quantitative estimate of drug-likeness (QED) is 0.763. The summed E-state index contributed by atoms with van der Waals surface area (Å²) in [6.45, 7) is 2.93. The molecule has 0 spiro atoms. The fraction of sp³-hybridized carbons (Fsp3) is 0.333. The van der Waals surface area contributed by atoms with E-state index in [4.69, 9.17) is 4.74 Å². The van der Waals surface area contributed by atoms with Crippen LogP contribution in [0.4, 0.5) is 4.39 Å². The average Bonchev–Trinajstić information content (AvgIpc) is 2.99. The van der Waals surface area contributed by atoms with E-state index in [0.29, 0.717) is 16.8 Å². The second kappa shape index (κ2) is 7.93. The number of halogens is 2. The van der Waals surface area contributed by atoms with E-state index in [1.807, 2.05) is 16.9 Å². The van der Waals surface area contributed by atoms with E-state index in [9.17, 15) is 9.18 Å². The smallest absolute Gasteiger partial charge is 0.260 e. The van der Waals surface area contributed by atoms with Gasteiger partial charge in [-0.2, -0.15) is 5.10 Å². The third kappa shape index (κ3) is 4.84. The van der Waals surface area contributed by atoms with Gasteiger partial charge in [0.15, 0.2) is 6.10 Å². The number of nitrogens with zero attached hydrogens (tertiary/aromatic N) is 2. The molecule has 5 nitrogen and oxygen atoms in total. The van der Waals surface area contributed by atoms with E-state index < -0.39 is 6.10 Å². The van der Waals surface area contributed by atoms with E-state index in [-0.39, 0.29) is 11.7 Å². The molecule has 7 heteroatoms. The highest BCUT2D eigenvalue weighted by Crippen LogP contribution is 2.26. The molecule has 0 saturated heterocycles. The van der Waals surface area contributed by atoms with Gasteiger partial charge in [0.1, 0.15) is 11.6 Å². The highest BCUT2D eigenvalue weighted by Gasteiger charge is 2.15. The molecule has 0 saturated carbocycles. The van der Waals surface area contributed by atoms with E-state index in [2.05, 4.69) is 26.3 Å². The van der Waals surface area contributed by atoms with Crippen molar-refractivity contribution < 1.29 is 13.9 Å². The number of nitrogens with one attached hydrogen (secondary N) is 1. The van der Waals surface area contributed by atoms with Crippen molar-refractivity contribution in [1.29, 1.82) is 0 Å². The van der Waals surface area contributed by atoms with Crippen LogP contribution in [0.15, 0.2) is 41.1 Å². The Balaban J connectivity index is 1.74. The summed E-state index contributed by atoms with van der Waals surface area (Å²) in [7, 11) is 0. The zero-order chi connectivity index (χ0) is 15.9. The lowest BCUT2D eigenvalue weighted by molar-refractivity contribution is -0.127. The first-order valence-electron chi connectivity index (χ1n) is 6.93. The van der Waals surface area contributed by atoms with Crippen LogP contribution in [0.3, 0.4) is 0 Å². The Hall–Kier alpha value is -1.89. The molecule has 0 aliphatic heterocycles. The number of ether oxygens (including phenoxy) is 1. The summed E-state index contributed by atoms with van der Waals surface area (Å²) in [5, 5.41) is 6.89. The van der Waals surface area contributed by atoms with Gasteiger partial charge in [-0.1, -0.05) is 0 Å². The van der Waals surface area contributed by atoms with Gasteiger partial charge in [0.25, 0.3) is 5.91 Å². The normalized spacial score (nSPS) is 12.0. The summed E-state index contributed by atoms with van der Waals surface area (Å²) in [5.41, 5.74) is 0. The van der Waals surface area contributed by atoms with Gasteiger partial charge in [0.2, 0.25) is 0 Å². The summed E-state index contributed by atoms with van der Waals surface area (Å²) in [6, 6.07) is 5.93. The number of amides is 1. The number of rotatable bonds is 7. The van der Waals surface area contributed by atoms with E-state index in [0.717, 1.165) is 13.0 Å². The second-order valence-electron chi connectivity index (χ2n) is 4.75. The molecule has 0 fully saturated rings. The summed E-state index contributed by atoms with van der Waals surface area (Å²) < 4.78 is 20.8. The van der Waals surface area contributed by atoms with Crippen molar-refractivity contribution in [2.75, 3.05) is 6.54 Å². The Morgan fingerprint density at radius 3 is 3.05 bits per heavy atom. The summed E-state index contributed by atoms with van der Waals surface area (Å²) in [5.74, 6) is -0.146. The fourth-order valence-electron chi connectivity index (χ4n) is 1.84. The third-order valence-corrected chi connectivity index (χ3v) is 3.61. The monoisotopic (exact) mass is 369 g/mol. The maximum atomic E-state index is 13.0. The van der Waals surface area contributed by atoms with Crippen molar-refractivity contribution in [2.24, 2.45) is 0 Å². The molecule has 2 aromatic rings. The minimum absolute atomic E-state index is 0.211. The molecule has 1 amide bonds. The molecule has 0 bridgehead atoms. The molecular weight excluding hydrogens is 353 g/mol. The zero-order valence-corrected chi connectivity index (χ0v) is 13.7. The zero-order valence-electron chi connectivity index (χ0n) is 12.1. The molecule has 0 aliphatic carbocycles. The first-order chi connectivity index (χ1) is 10.6. The van der Waals surface area contributed by atoms with Crippen molar-refractivity contribution in [3.63, 3.8) is 0 Å². The van der Waals surface area contributed by atoms with Crippen molar-refractivity contribution in [2.45, 2.75) is 26.0 Å². The van der Waals surface area contributed by atoms with Gasteiger partial charge >= 0.3 is 0 Å². The molecular formula is C15H17BrFN3O2. The molecule has 1 aromatic carbocycles. The van der Waals surface area contributed by atoms with Crippen LogP contribution in [0.5, 0.6) is 5.75 Å². The highest BCUT2D eigenvalue weighted by atomic mass is 79.9. The molecule has 1 unspecified atom stereocenters. The van der Waals surface area contributed by atoms with Gasteiger partial charge in [-0.3, -0.25) is 9.48 Å². The largest absolute Gasteiger partial charge is 0.480 e. The molecule has 1 aromatic heterocycles. The molecule has 2 rings (SSSR count). The van der Waals surface area contributed by atoms with Crippen molar-refractivity contribution in [3.05, 3.63) is 46.9 Å². The number of benzene rings is 1. The van der Waals surface area contributed by atoms with E-state index >= 15 is 0 Å². The fourth-order valence-corrected chi connectivity index (χ4v) is 2.29. The summed E-state index contributed by atoms with van der Waals surface area (Å²) in [4.78, 5) is 11.9. The van der Waals surface area contributed by atoms with Crippen LogP contribution < -0.4 is 10.1 Å². The molecule has 1 heterocycles. The van der Waals surface area contributed by atoms with Gasteiger partial charge in [0, 0.05) is 25.5 Å². The Morgan fingerprint density at radius 2 is 2.36 bits per heavy atom. The molecule has 118 valence electrons. The molecule has 22 heavy (non-hydrogen) atoms. The molecule has 1 N–H and O–H groups in total. The summed E-state index contributed by atoms with van der Waals surface area (Å²) >= 11 is 3.20. The van der Waals surface area contributed by atoms with Crippen molar-refractivity contribution in [3.8, 4) is 5.75 Å². The Bertz CT molecular complexity index is 619. The molecule has 1 atom stereocenters. The van der Waals surface area contributed by atoms with Crippen LogP contribution >= 0.6 is 15.9 Å². The van der Waals surface area contributed by atoms with Gasteiger partial charge < -0.3 is 10.1 Å². The van der Waals surface area contributed by atoms with Gasteiger partial charge in [0.05, 0.1) is 4.47 Å². The lowest BCUT2D eigenvalue weighted by Gasteiger charge is -2.15. The van der Waals surface area contributed by atoms with Crippen molar-refractivity contribution in [1.82, 2.24) is 15.1 Å². The first kappa shape index (κ1) is 16.5. The Morgan fingerprint density at radius 1 is 1.55 bits per heavy atom.